The van der Waals surface area contributed by atoms with Crippen molar-refractivity contribution in [3.63, 3.8) is 0 Å². The van der Waals surface area contributed by atoms with E-state index in [1.807, 2.05) is 54.8 Å². The molecule has 1 aliphatic rings. The molecule has 0 fully saturated rings. The standard InChI is InChI=1S/C23H18O5S/c1-15-10-17(26-14-21(24)27-13-16-6-3-2-4-7-16)11-19-22(15)23(25)20(28-19)12-18-8-5-9-29-18/h2-12H,13-14H2,1H3/b20-12-. The van der Waals surface area contributed by atoms with Crippen LogP contribution in [0.5, 0.6) is 11.5 Å². The molecule has 2 aromatic carbocycles. The summed E-state index contributed by atoms with van der Waals surface area (Å²) in [4.78, 5) is 25.5. The average molecular weight is 406 g/mol. The van der Waals surface area contributed by atoms with Crippen LogP contribution < -0.4 is 9.47 Å². The van der Waals surface area contributed by atoms with E-state index in [0.717, 1.165) is 16.0 Å². The Balaban J connectivity index is 1.40. The van der Waals surface area contributed by atoms with E-state index >= 15 is 0 Å². The average Bonchev–Trinajstić information content (AvgIpc) is 3.34. The summed E-state index contributed by atoms with van der Waals surface area (Å²) in [6.45, 7) is 1.78. The number of ether oxygens (including phenoxy) is 3. The van der Waals surface area contributed by atoms with Gasteiger partial charge in [-0.05, 0) is 35.6 Å². The third-order valence-electron chi connectivity index (χ3n) is 4.36. The molecule has 0 radical (unpaired) electrons. The van der Waals surface area contributed by atoms with Gasteiger partial charge in [0, 0.05) is 17.0 Å². The normalized spacial score (nSPS) is 13.8. The van der Waals surface area contributed by atoms with Crippen LogP contribution in [0.15, 0.2) is 65.7 Å². The molecule has 0 unspecified atom stereocenters. The van der Waals surface area contributed by atoms with Crippen molar-refractivity contribution < 1.29 is 23.8 Å². The summed E-state index contributed by atoms with van der Waals surface area (Å²) in [7, 11) is 0. The molecule has 2 heterocycles. The second-order valence-corrected chi connectivity index (χ2v) is 7.48. The maximum Gasteiger partial charge on any atom is 0.344 e. The largest absolute Gasteiger partial charge is 0.482 e. The minimum absolute atomic E-state index is 0.153. The summed E-state index contributed by atoms with van der Waals surface area (Å²) < 4.78 is 16.5. The minimum atomic E-state index is -0.470. The second kappa shape index (κ2) is 8.32. The Morgan fingerprint density at radius 2 is 1.97 bits per heavy atom. The first-order valence-corrected chi connectivity index (χ1v) is 9.93. The Bertz CT molecular complexity index is 1070. The number of hydrogen-bond donors (Lipinski definition) is 0. The van der Waals surface area contributed by atoms with Crippen molar-refractivity contribution in [3.05, 3.63) is 87.3 Å². The van der Waals surface area contributed by atoms with Gasteiger partial charge in [0.25, 0.3) is 0 Å². The lowest BCUT2D eigenvalue weighted by atomic mass is 10.0. The van der Waals surface area contributed by atoms with Crippen molar-refractivity contribution >= 4 is 29.2 Å². The lowest BCUT2D eigenvalue weighted by Gasteiger charge is -2.09. The fourth-order valence-corrected chi connectivity index (χ4v) is 3.63. The van der Waals surface area contributed by atoms with Crippen LogP contribution in [0.1, 0.15) is 26.4 Å². The zero-order chi connectivity index (χ0) is 20.2. The van der Waals surface area contributed by atoms with E-state index in [9.17, 15) is 9.59 Å². The maximum absolute atomic E-state index is 12.6. The topological polar surface area (TPSA) is 61.8 Å². The third kappa shape index (κ3) is 4.38. The minimum Gasteiger partial charge on any atom is -0.482 e. The van der Waals surface area contributed by atoms with E-state index < -0.39 is 5.97 Å². The lowest BCUT2D eigenvalue weighted by molar-refractivity contribution is -0.147. The monoisotopic (exact) mass is 406 g/mol. The van der Waals surface area contributed by atoms with Gasteiger partial charge in [-0.25, -0.2) is 4.79 Å². The van der Waals surface area contributed by atoms with Gasteiger partial charge in [0.15, 0.2) is 12.4 Å². The molecule has 29 heavy (non-hydrogen) atoms. The molecule has 0 N–H and O–H groups in total. The second-order valence-electron chi connectivity index (χ2n) is 6.50. The van der Waals surface area contributed by atoms with Gasteiger partial charge in [0.2, 0.25) is 5.78 Å². The van der Waals surface area contributed by atoms with Crippen molar-refractivity contribution in [2.75, 3.05) is 6.61 Å². The summed E-state index contributed by atoms with van der Waals surface area (Å²) in [5.41, 5.74) is 2.16. The smallest absolute Gasteiger partial charge is 0.344 e. The first kappa shape index (κ1) is 19.0. The lowest BCUT2D eigenvalue weighted by Crippen LogP contribution is -2.14. The van der Waals surface area contributed by atoms with E-state index in [0.29, 0.717) is 17.1 Å². The summed E-state index contributed by atoms with van der Waals surface area (Å²) in [5.74, 6) is 0.542. The van der Waals surface area contributed by atoms with Crippen molar-refractivity contribution in [3.8, 4) is 11.5 Å². The molecule has 0 atom stereocenters. The van der Waals surface area contributed by atoms with Crippen LogP contribution in [0.25, 0.3) is 6.08 Å². The van der Waals surface area contributed by atoms with Crippen LogP contribution in [0.4, 0.5) is 0 Å². The molecular formula is C23H18O5S. The van der Waals surface area contributed by atoms with Crippen LogP contribution >= 0.6 is 11.3 Å². The Kier molecular flexibility index (Phi) is 5.44. The molecule has 1 aliphatic heterocycles. The van der Waals surface area contributed by atoms with Gasteiger partial charge in [0.05, 0.1) is 5.56 Å². The number of hydrogen-bond acceptors (Lipinski definition) is 6. The number of rotatable bonds is 6. The zero-order valence-electron chi connectivity index (χ0n) is 15.7. The van der Waals surface area contributed by atoms with Crippen LogP contribution in [0.2, 0.25) is 0 Å². The van der Waals surface area contributed by atoms with Crippen molar-refractivity contribution in [1.82, 2.24) is 0 Å². The fraction of sp³-hybridized carbons (Fsp3) is 0.130. The molecule has 146 valence electrons. The van der Waals surface area contributed by atoms with Gasteiger partial charge in [-0.15, -0.1) is 11.3 Å². The number of allylic oxidation sites excluding steroid dienone is 1. The number of fused-ring (bicyclic) bond motifs is 1. The quantitative estimate of drug-likeness (QED) is 0.435. The number of esters is 1. The summed E-state index contributed by atoms with van der Waals surface area (Å²) in [5, 5.41) is 1.94. The van der Waals surface area contributed by atoms with Crippen molar-refractivity contribution in [1.29, 1.82) is 0 Å². The van der Waals surface area contributed by atoms with Crippen molar-refractivity contribution in [2.24, 2.45) is 0 Å². The number of benzene rings is 2. The van der Waals surface area contributed by atoms with E-state index in [4.69, 9.17) is 14.2 Å². The molecule has 0 bridgehead atoms. The zero-order valence-corrected chi connectivity index (χ0v) is 16.5. The van der Waals surface area contributed by atoms with E-state index in [1.165, 1.54) is 11.3 Å². The molecule has 0 saturated heterocycles. The van der Waals surface area contributed by atoms with Gasteiger partial charge in [-0.1, -0.05) is 36.4 Å². The van der Waals surface area contributed by atoms with Crippen LogP contribution in [0, 0.1) is 6.92 Å². The van der Waals surface area contributed by atoms with Crippen molar-refractivity contribution in [2.45, 2.75) is 13.5 Å². The number of carbonyl (C=O) groups is 2. The van der Waals surface area contributed by atoms with E-state index in [1.54, 1.807) is 18.2 Å². The molecule has 3 aromatic rings. The van der Waals surface area contributed by atoms with Gasteiger partial charge < -0.3 is 14.2 Å². The first-order chi connectivity index (χ1) is 14.1. The van der Waals surface area contributed by atoms with Crippen LogP contribution in [0.3, 0.4) is 0 Å². The molecule has 0 aliphatic carbocycles. The molecular weight excluding hydrogens is 388 g/mol. The highest BCUT2D eigenvalue weighted by Gasteiger charge is 2.30. The van der Waals surface area contributed by atoms with Gasteiger partial charge in [-0.3, -0.25) is 4.79 Å². The number of ketones is 1. The molecule has 0 saturated carbocycles. The summed E-state index contributed by atoms with van der Waals surface area (Å²) >= 11 is 1.53. The summed E-state index contributed by atoms with van der Waals surface area (Å²) in [6, 6.07) is 16.6. The number of Topliss-reactive ketones (excluding diaryl/α,β-unsaturated/α-hetero) is 1. The highest BCUT2D eigenvalue weighted by atomic mass is 32.1. The predicted octanol–water partition coefficient (Wildman–Crippen LogP) is 4.79. The highest BCUT2D eigenvalue weighted by Crippen LogP contribution is 2.37. The summed E-state index contributed by atoms with van der Waals surface area (Å²) in [6.07, 6.45) is 1.73. The fourth-order valence-electron chi connectivity index (χ4n) is 2.99. The molecule has 4 rings (SSSR count). The van der Waals surface area contributed by atoms with Gasteiger partial charge >= 0.3 is 5.97 Å². The van der Waals surface area contributed by atoms with Crippen LogP contribution in [-0.4, -0.2) is 18.4 Å². The Labute approximate surface area is 172 Å². The van der Waals surface area contributed by atoms with E-state index in [2.05, 4.69) is 0 Å². The SMILES string of the molecule is Cc1cc(OCC(=O)OCc2ccccc2)cc2c1C(=O)/C(=C/c1cccs1)O2. The first-order valence-electron chi connectivity index (χ1n) is 9.05. The molecule has 0 amide bonds. The number of carbonyl (C=O) groups excluding carboxylic acids is 2. The van der Waals surface area contributed by atoms with Gasteiger partial charge in [0.1, 0.15) is 18.1 Å². The molecule has 0 spiro atoms. The number of aryl methyl sites for hydroxylation is 1. The molecule has 6 heteroatoms. The van der Waals surface area contributed by atoms with Gasteiger partial charge in [-0.2, -0.15) is 0 Å². The Morgan fingerprint density at radius 1 is 1.14 bits per heavy atom. The Morgan fingerprint density at radius 3 is 2.72 bits per heavy atom. The molecule has 5 nitrogen and oxygen atoms in total. The third-order valence-corrected chi connectivity index (χ3v) is 5.18. The predicted molar refractivity (Wildman–Crippen MR) is 110 cm³/mol. The maximum atomic E-state index is 12.6. The highest BCUT2D eigenvalue weighted by molar-refractivity contribution is 7.10. The number of thiophene rings is 1. The van der Waals surface area contributed by atoms with Crippen LogP contribution in [-0.2, 0) is 16.1 Å². The van der Waals surface area contributed by atoms with E-state index in [-0.39, 0.29) is 24.8 Å². The molecule has 1 aromatic heterocycles. The Hall–Kier alpha value is -3.38.